The summed E-state index contributed by atoms with van der Waals surface area (Å²) in [7, 11) is 0. The SMILES string of the molecule is CC(C)(N)C(=O)N=C(COCc1ccccc1)C1(Nc2cn(C(C(=O)N3CCCC4CCCCC43)c3ccccc3)cn2)CO1. The number of nitrogens with one attached hydrogen (secondary N) is 1. The topological polar surface area (TPSA) is 127 Å². The summed E-state index contributed by atoms with van der Waals surface area (Å²) in [5.74, 6) is 0.722. The van der Waals surface area contributed by atoms with Crippen molar-refractivity contribution in [2.24, 2.45) is 16.6 Å². The molecule has 3 heterocycles. The number of nitrogens with zero attached hydrogens (tertiary/aromatic N) is 4. The predicted octanol–water partition coefficient (Wildman–Crippen LogP) is 4.71. The highest BCUT2D eigenvalue weighted by atomic mass is 16.6. The number of hydrogen-bond acceptors (Lipinski definition) is 7. The minimum atomic E-state index is -1.16. The van der Waals surface area contributed by atoms with E-state index in [1.807, 2.05) is 71.4 Å². The highest BCUT2D eigenvalue weighted by molar-refractivity contribution is 6.06. The van der Waals surface area contributed by atoms with Gasteiger partial charge in [-0.05, 0) is 56.6 Å². The maximum Gasteiger partial charge on any atom is 0.265 e. The van der Waals surface area contributed by atoms with Crippen molar-refractivity contribution in [3.8, 4) is 0 Å². The summed E-state index contributed by atoms with van der Waals surface area (Å²) in [6.45, 7) is 4.72. The molecule has 3 fully saturated rings. The standard InChI is InChI=1S/C35H44N6O4/c1-34(2,36)33(43)38-29(22-44-21-25-12-5-3-6-13-25)35(23-45-35)39-30-20-40(24-37-30)31(27-15-7-4-8-16-27)32(42)41-19-11-17-26-14-9-10-18-28(26)41/h3-8,12-13,15-16,20,24,26,28,31,39H,9-11,14,17-19,21-23,36H2,1-2H3. The van der Waals surface area contributed by atoms with E-state index in [9.17, 15) is 9.59 Å². The molecule has 4 atom stereocenters. The second kappa shape index (κ2) is 13.2. The molecule has 1 aliphatic carbocycles. The average molecular weight is 613 g/mol. The van der Waals surface area contributed by atoms with Crippen LogP contribution in [0.25, 0.3) is 0 Å². The lowest BCUT2D eigenvalue weighted by Gasteiger charge is -2.45. The molecule has 0 bridgehead atoms. The molecule has 1 aromatic heterocycles. The minimum Gasteiger partial charge on any atom is -0.371 e. The molecule has 0 spiro atoms. The lowest BCUT2D eigenvalue weighted by Crippen LogP contribution is -2.51. The van der Waals surface area contributed by atoms with Crippen molar-refractivity contribution < 1.29 is 19.1 Å². The average Bonchev–Trinajstić information content (AvgIpc) is 3.69. The van der Waals surface area contributed by atoms with Gasteiger partial charge in [0.15, 0.2) is 0 Å². The maximum absolute atomic E-state index is 14.4. The van der Waals surface area contributed by atoms with Gasteiger partial charge >= 0.3 is 0 Å². The largest absolute Gasteiger partial charge is 0.371 e. The van der Waals surface area contributed by atoms with Crippen LogP contribution in [0.4, 0.5) is 5.82 Å². The third kappa shape index (κ3) is 7.19. The van der Waals surface area contributed by atoms with Crippen LogP contribution in [-0.2, 0) is 25.7 Å². The molecule has 3 aliphatic rings. The fraction of sp³-hybridized carbons (Fsp3) is 0.486. The van der Waals surface area contributed by atoms with Crippen LogP contribution in [0.1, 0.15) is 69.5 Å². The minimum absolute atomic E-state index is 0.0626. The van der Waals surface area contributed by atoms with Gasteiger partial charge in [-0.1, -0.05) is 73.5 Å². The van der Waals surface area contributed by atoms with Gasteiger partial charge in [-0.25, -0.2) is 9.98 Å². The van der Waals surface area contributed by atoms with E-state index in [4.69, 9.17) is 15.2 Å². The van der Waals surface area contributed by atoms with Gasteiger partial charge in [0.05, 0.1) is 25.1 Å². The van der Waals surface area contributed by atoms with E-state index in [2.05, 4.69) is 20.2 Å². The Balaban J connectivity index is 1.24. The van der Waals surface area contributed by atoms with Crippen molar-refractivity contribution in [3.63, 3.8) is 0 Å². The van der Waals surface area contributed by atoms with E-state index in [-0.39, 0.29) is 19.1 Å². The van der Waals surface area contributed by atoms with E-state index >= 15 is 0 Å². The number of hydrogen-bond donors (Lipinski definition) is 2. The third-order valence-electron chi connectivity index (χ3n) is 9.14. The van der Waals surface area contributed by atoms with Gasteiger partial charge in [-0.15, -0.1) is 0 Å². The van der Waals surface area contributed by atoms with Gasteiger partial charge in [-0.2, -0.15) is 0 Å². The van der Waals surface area contributed by atoms with Gasteiger partial charge in [0.2, 0.25) is 5.72 Å². The molecule has 3 N–H and O–H groups in total. The smallest absolute Gasteiger partial charge is 0.265 e. The fourth-order valence-electron chi connectivity index (χ4n) is 6.61. The number of amides is 2. The molecule has 45 heavy (non-hydrogen) atoms. The second-order valence-corrected chi connectivity index (χ2v) is 13.1. The lowest BCUT2D eigenvalue weighted by molar-refractivity contribution is -0.140. The van der Waals surface area contributed by atoms with E-state index < -0.39 is 23.2 Å². The third-order valence-corrected chi connectivity index (χ3v) is 9.14. The summed E-state index contributed by atoms with van der Waals surface area (Å²) in [5, 5.41) is 3.34. The Kier molecular flexibility index (Phi) is 9.16. The number of anilines is 1. The molecule has 6 rings (SSSR count). The number of aromatic nitrogens is 2. The van der Waals surface area contributed by atoms with Crippen molar-refractivity contribution in [1.29, 1.82) is 0 Å². The van der Waals surface area contributed by atoms with Crippen LogP contribution in [0, 0.1) is 5.92 Å². The van der Waals surface area contributed by atoms with Crippen LogP contribution in [-0.4, -0.2) is 69.0 Å². The molecule has 2 aromatic carbocycles. The molecular weight excluding hydrogens is 568 g/mol. The number of piperidine rings is 1. The van der Waals surface area contributed by atoms with Crippen molar-refractivity contribution in [2.45, 2.75) is 82.3 Å². The zero-order valence-electron chi connectivity index (χ0n) is 26.2. The number of epoxide rings is 1. The molecule has 4 unspecified atom stereocenters. The van der Waals surface area contributed by atoms with E-state index in [0.717, 1.165) is 30.5 Å². The number of rotatable bonds is 11. The Hall–Kier alpha value is -3.86. The van der Waals surface area contributed by atoms with E-state index in [1.54, 1.807) is 20.2 Å². The van der Waals surface area contributed by atoms with Crippen LogP contribution < -0.4 is 11.1 Å². The van der Waals surface area contributed by atoms with E-state index in [1.165, 1.54) is 25.7 Å². The highest BCUT2D eigenvalue weighted by Gasteiger charge is 2.51. The van der Waals surface area contributed by atoms with Crippen LogP contribution in [0.15, 0.2) is 78.2 Å². The number of likely N-dealkylation sites (tertiary alicyclic amines) is 1. The summed E-state index contributed by atoms with van der Waals surface area (Å²) in [6.07, 6.45) is 10.5. The Bertz CT molecular complexity index is 1490. The Morgan fingerprint density at radius 1 is 1.09 bits per heavy atom. The summed E-state index contributed by atoms with van der Waals surface area (Å²) < 4.78 is 13.8. The van der Waals surface area contributed by atoms with Gasteiger partial charge in [0, 0.05) is 18.8 Å². The van der Waals surface area contributed by atoms with Crippen molar-refractivity contribution in [2.75, 3.05) is 25.1 Å². The monoisotopic (exact) mass is 612 g/mol. The first-order valence-corrected chi connectivity index (χ1v) is 16.1. The number of carbonyl (C=O) groups excluding carboxylic acids is 2. The first-order chi connectivity index (χ1) is 21.7. The Morgan fingerprint density at radius 2 is 1.78 bits per heavy atom. The summed E-state index contributed by atoms with van der Waals surface area (Å²) in [6, 6.07) is 19.4. The van der Waals surface area contributed by atoms with Crippen molar-refractivity contribution in [3.05, 3.63) is 84.3 Å². The Labute approximate surface area is 265 Å². The molecule has 238 valence electrons. The van der Waals surface area contributed by atoms with E-state index in [0.29, 0.717) is 30.1 Å². The summed E-state index contributed by atoms with van der Waals surface area (Å²) in [5.41, 5.74) is 6.16. The molecule has 2 aliphatic heterocycles. The molecule has 10 heteroatoms. The first kappa shape index (κ1) is 31.1. The van der Waals surface area contributed by atoms with Gasteiger partial charge in [-0.3, -0.25) is 9.59 Å². The second-order valence-electron chi connectivity index (χ2n) is 13.1. The zero-order valence-corrected chi connectivity index (χ0v) is 26.2. The number of aliphatic imine (C=N–C) groups is 1. The molecule has 2 amide bonds. The predicted molar refractivity (Wildman–Crippen MR) is 173 cm³/mol. The zero-order chi connectivity index (χ0) is 31.4. The molecule has 3 aromatic rings. The summed E-state index contributed by atoms with van der Waals surface area (Å²) in [4.78, 5) is 38.4. The number of nitrogens with two attached hydrogens (primary N) is 1. The molecular formula is C35H44N6O4. The quantitative estimate of drug-likeness (QED) is 0.237. The summed E-state index contributed by atoms with van der Waals surface area (Å²) >= 11 is 0. The van der Waals surface area contributed by atoms with Crippen LogP contribution in [0.5, 0.6) is 0 Å². The maximum atomic E-state index is 14.4. The van der Waals surface area contributed by atoms with Crippen LogP contribution >= 0.6 is 0 Å². The molecule has 1 saturated carbocycles. The van der Waals surface area contributed by atoms with Gasteiger partial charge in [0.25, 0.3) is 11.8 Å². The van der Waals surface area contributed by atoms with Gasteiger partial charge < -0.3 is 30.0 Å². The van der Waals surface area contributed by atoms with Crippen molar-refractivity contribution >= 4 is 23.3 Å². The number of ether oxygens (including phenoxy) is 2. The van der Waals surface area contributed by atoms with Crippen LogP contribution in [0.3, 0.4) is 0 Å². The van der Waals surface area contributed by atoms with Crippen molar-refractivity contribution in [1.82, 2.24) is 14.5 Å². The first-order valence-electron chi connectivity index (χ1n) is 16.1. The van der Waals surface area contributed by atoms with Gasteiger partial charge in [0.1, 0.15) is 24.2 Å². The van der Waals surface area contributed by atoms with Crippen LogP contribution in [0.2, 0.25) is 0 Å². The highest BCUT2D eigenvalue weighted by Crippen LogP contribution is 2.38. The fourth-order valence-corrected chi connectivity index (χ4v) is 6.61. The number of benzene rings is 2. The molecule has 2 saturated heterocycles. The normalized spacial score (nSPS) is 24.1. The number of fused-ring (bicyclic) bond motifs is 1. The number of carbonyl (C=O) groups is 2. The number of imidazole rings is 1. The molecule has 10 nitrogen and oxygen atoms in total. The Morgan fingerprint density at radius 3 is 2.49 bits per heavy atom. The lowest BCUT2D eigenvalue weighted by atomic mass is 9.78. The molecule has 0 radical (unpaired) electrons.